The van der Waals surface area contributed by atoms with Gasteiger partial charge in [0.25, 0.3) is 5.91 Å². The second-order valence-corrected chi connectivity index (χ2v) is 5.98. The number of benzene rings is 1. The Morgan fingerprint density at radius 1 is 1.16 bits per heavy atom. The van der Waals surface area contributed by atoms with Crippen LogP contribution in [0.15, 0.2) is 42.6 Å². The van der Waals surface area contributed by atoms with E-state index in [9.17, 15) is 9.18 Å². The smallest absolute Gasteiger partial charge is 0.253 e. The van der Waals surface area contributed by atoms with Gasteiger partial charge in [0.15, 0.2) is 0 Å². The Hall–Kier alpha value is -3.09. The largest absolute Gasteiger partial charge is 0.350 e. The van der Waals surface area contributed by atoms with Gasteiger partial charge in [-0.3, -0.25) is 9.78 Å². The van der Waals surface area contributed by atoms with Gasteiger partial charge in [-0.2, -0.15) is 0 Å². The van der Waals surface area contributed by atoms with Crippen molar-refractivity contribution in [1.29, 1.82) is 0 Å². The Balaban J connectivity index is 1.96. The third-order valence-corrected chi connectivity index (χ3v) is 3.63. The molecule has 0 atom stereocenters. The molecule has 0 aliphatic rings. The fourth-order valence-corrected chi connectivity index (χ4v) is 2.46. The van der Waals surface area contributed by atoms with E-state index < -0.39 is 0 Å². The van der Waals surface area contributed by atoms with Gasteiger partial charge in [0.2, 0.25) is 0 Å². The van der Waals surface area contributed by atoms with Crippen molar-refractivity contribution in [2.45, 2.75) is 19.9 Å². The van der Waals surface area contributed by atoms with Crippen LogP contribution in [0.1, 0.15) is 24.2 Å². The zero-order valence-corrected chi connectivity index (χ0v) is 14.2. The third-order valence-electron chi connectivity index (χ3n) is 3.63. The van der Waals surface area contributed by atoms with Crippen LogP contribution < -0.4 is 5.32 Å². The van der Waals surface area contributed by atoms with Gasteiger partial charge in [0.1, 0.15) is 17.2 Å². The molecule has 1 amide bonds. The summed E-state index contributed by atoms with van der Waals surface area (Å²) < 4.78 is 14.8. The predicted octanol–water partition coefficient (Wildman–Crippen LogP) is 2.82. The number of amides is 1. The Bertz CT molecular complexity index is 885. The first kappa shape index (κ1) is 16.8. The van der Waals surface area contributed by atoms with Crippen LogP contribution in [0.25, 0.3) is 22.6 Å². The fraction of sp³-hybridized carbons (Fsp3) is 0.222. The number of hydrogen-bond donors (Lipinski definition) is 1. The van der Waals surface area contributed by atoms with Crippen molar-refractivity contribution in [3.8, 4) is 22.6 Å². The predicted molar refractivity (Wildman–Crippen MR) is 92.2 cm³/mol. The number of aryl methyl sites for hydroxylation is 1. The van der Waals surface area contributed by atoms with E-state index in [4.69, 9.17) is 0 Å². The Kier molecular flexibility index (Phi) is 4.56. The molecule has 0 saturated heterocycles. The van der Waals surface area contributed by atoms with E-state index in [1.807, 2.05) is 13.8 Å². The molecule has 2 aromatic heterocycles. The second kappa shape index (κ2) is 6.80. The second-order valence-electron chi connectivity index (χ2n) is 5.98. The van der Waals surface area contributed by atoms with Crippen LogP contribution in [0.3, 0.4) is 0 Å². The molecule has 128 valence electrons. The zero-order chi connectivity index (χ0) is 18.0. The van der Waals surface area contributed by atoms with Crippen LogP contribution in [0.5, 0.6) is 0 Å². The number of halogens is 1. The van der Waals surface area contributed by atoms with E-state index in [1.165, 1.54) is 18.3 Å². The molecule has 1 N–H and O–H groups in total. The molecule has 0 saturated carbocycles. The minimum Gasteiger partial charge on any atom is -0.350 e. The van der Waals surface area contributed by atoms with Gasteiger partial charge in [-0.1, -0.05) is 5.21 Å². The molecule has 6 nitrogen and oxygen atoms in total. The van der Waals surface area contributed by atoms with Crippen LogP contribution >= 0.6 is 0 Å². The summed E-state index contributed by atoms with van der Waals surface area (Å²) >= 11 is 0. The van der Waals surface area contributed by atoms with Crippen molar-refractivity contribution >= 4 is 5.91 Å². The lowest BCUT2D eigenvalue weighted by atomic mass is 10.1. The molecule has 0 fully saturated rings. The average molecular weight is 339 g/mol. The minimum atomic E-state index is -0.312. The molecule has 0 aliphatic carbocycles. The van der Waals surface area contributed by atoms with Gasteiger partial charge < -0.3 is 5.32 Å². The topological polar surface area (TPSA) is 72.7 Å². The summed E-state index contributed by atoms with van der Waals surface area (Å²) in [5.41, 5.74) is 3.16. The molecule has 0 aliphatic heterocycles. The molecule has 0 spiro atoms. The number of carbonyl (C=O) groups excluding carboxylic acids is 1. The van der Waals surface area contributed by atoms with E-state index in [1.54, 1.807) is 36.0 Å². The number of rotatable bonds is 4. The number of nitrogens with one attached hydrogen (secondary N) is 1. The molecular formula is C18H18FN5O. The maximum absolute atomic E-state index is 13.2. The van der Waals surface area contributed by atoms with Crippen LogP contribution in [0.4, 0.5) is 4.39 Å². The zero-order valence-electron chi connectivity index (χ0n) is 14.2. The van der Waals surface area contributed by atoms with E-state index in [-0.39, 0.29) is 17.8 Å². The molecule has 2 heterocycles. The number of nitrogens with zero attached hydrogens (tertiary/aromatic N) is 4. The Morgan fingerprint density at radius 2 is 1.88 bits per heavy atom. The average Bonchev–Trinajstić information content (AvgIpc) is 2.96. The highest BCUT2D eigenvalue weighted by molar-refractivity contribution is 5.94. The molecule has 25 heavy (non-hydrogen) atoms. The molecule has 0 radical (unpaired) electrons. The van der Waals surface area contributed by atoms with E-state index >= 15 is 0 Å². The lowest BCUT2D eigenvalue weighted by Crippen LogP contribution is -2.30. The van der Waals surface area contributed by atoms with Crippen LogP contribution in [-0.2, 0) is 7.05 Å². The maximum Gasteiger partial charge on any atom is 0.253 e. The van der Waals surface area contributed by atoms with E-state index in [2.05, 4.69) is 20.6 Å². The van der Waals surface area contributed by atoms with Gasteiger partial charge >= 0.3 is 0 Å². The summed E-state index contributed by atoms with van der Waals surface area (Å²) in [7, 11) is 1.76. The summed E-state index contributed by atoms with van der Waals surface area (Å²) in [6.45, 7) is 3.80. The first-order valence-electron chi connectivity index (χ1n) is 7.88. The Morgan fingerprint density at radius 3 is 2.48 bits per heavy atom. The lowest BCUT2D eigenvalue weighted by molar-refractivity contribution is 0.0943. The molecule has 7 heteroatoms. The summed E-state index contributed by atoms with van der Waals surface area (Å²) in [6, 6.07) is 9.56. The SMILES string of the molecule is CC(C)NC(=O)c1ccc(-c2c(-c3ccc(F)cc3)nnn2C)nc1. The number of pyridine rings is 1. The monoisotopic (exact) mass is 339 g/mol. The van der Waals surface area contributed by atoms with Crippen LogP contribution in [0, 0.1) is 5.82 Å². The standard InChI is InChI=1S/C18H18FN5O/c1-11(2)21-18(25)13-6-9-15(20-10-13)17-16(22-23-24(17)3)12-4-7-14(19)8-5-12/h4-11H,1-3H3,(H,21,25). The van der Waals surface area contributed by atoms with Crippen molar-refractivity contribution in [1.82, 2.24) is 25.3 Å². The van der Waals surface area contributed by atoms with Crippen molar-refractivity contribution in [3.05, 3.63) is 54.0 Å². The van der Waals surface area contributed by atoms with Gasteiger partial charge in [-0.25, -0.2) is 9.07 Å². The van der Waals surface area contributed by atoms with Gasteiger partial charge in [0.05, 0.1) is 11.3 Å². The molecular weight excluding hydrogens is 321 g/mol. The third kappa shape index (κ3) is 3.55. The summed E-state index contributed by atoms with van der Waals surface area (Å²) in [5, 5.41) is 11.0. The van der Waals surface area contributed by atoms with Gasteiger partial charge in [0, 0.05) is 24.8 Å². The van der Waals surface area contributed by atoms with Gasteiger partial charge in [-0.15, -0.1) is 5.10 Å². The molecule has 3 aromatic rings. The normalized spacial score (nSPS) is 10.9. The van der Waals surface area contributed by atoms with E-state index in [0.717, 1.165) is 5.56 Å². The Labute approximate surface area is 144 Å². The van der Waals surface area contributed by atoms with Crippen molar-refractivity contribution in [2.24, 2.45) is 7.05 Å². The highest BCUT2D eigenvalue weighted by Crippen LogP contribution is 2.28. The number of aromatic nitrogens is 4. The maximum atomic E-state index is 13.2. The number of carbonyl (C=O) groups is 1. The van der Waals surface area contributed by atoms with E-state index in [0.29, 0.717) is 22.6 Å². The highest BCUT2D eigenvalue weighted by atomic mass is 19.1. The van der Waals surface area contributed by atoms with Crippen molar-refractivity contribution in [2.75, 3.05) is 0 Å². The van der Waals surface area contributed by atoms with Crippen molar-refractivity contribution in [3.63, 3.8) is 0 Å². The molecule has 0 bridgehead atoms. The highest BCUT2D eigenvalue weighted by Gasteiger charge is 2.17. The number of hydrogen-bond acceptors (Lipinski definition) is 4. The molecule has 3 rings (SSSR count). The van der Waals surface area contributed by atoms with Crippen LogP contribution in [0.2, 0.25) is 0 Å². The molecule has 1 aromatic carbocycles. The summed E-state index contributed by atoms with van der Waals surface area (Å²) in [5.74, 6) is -0.483. The fourth-order valence-electron chi connectivity index (χ4n) is 2.46. The quantitative estimate of drug-likeness (QED) is 0.793. The van der Waals surface area contributed by atoms with Crippen molar-refractivity contribution < 1.29 is 9.18 Å². The lowest BCUT2D eigenvalue weighted by Gasteiger charge is -2.09. The molecule has 0 unspecified atom stereocenters. The first-order chi connectivity index (χ1) is 12.0. The van der Waals surface area contributed by atoms with Gasteiger partial charge in [-0.05, 0) is 50.2 Å². The summed E-state index contributed by atoms with van der Waals surface area (Å²) in [4.78, 5) is 16.4. The van der Waals surface area contributed by atoms with Crippen LogP contribution in [-0.4, -0.2) is 31.9 Å². The first-order valence-corrected chi connectivity index (χ1v) is 7.88. The minimum absolute atomic E-state index is 0.0542. The summed E-state index contributed by atoms with van der Waals surface area (Å²) in [6.07, 6.45) is 1.52.